The SMILES string of the molecule is CC1=[C-]C(C)(C)C(C)=C1C.CN(C)CCCC1[C-]=Cc2ccccc21.[Zr+2]. The summed E-state index contributed by atoms with van der Waals surface area (Å²) in [5, 5.41) is 0. The van der Waals surface area contributed by atoms with E-state index in [-0.39, 0.29) is 31.6 Å². The van der Waals surface area contributed by atoms with Gasteiger partial charge in [0, 0.05) is 0 Å². The number of hydrogen-bond donors (Lipinski definition) is 0. The van der Waals surface area contributed by atoms with Crippen molar-refractivity contribution >= 4 is 6.08 Å². The molecule has 0 aromatic heterocycles. The summed E-state index contributed by atoms with van der Waals surface area (Å²) in [6.07, 6.45) is 11.5. The minimum atomic E-state index is 0. The molecule has 0 saturated carbocycles. The normalized spacial score (nSPS) is 19.7. The molecule has 138 valence electrons. The van der Waals surface area contributed by atoms with Crippen LogP contribution in [0.5, 0.6) is 0 Å². The molecule has 0 spiro atoms. The zero-order chi connectivity index (χ0) is 18.6. The first-order valence-electron chi connectivity index (χ1n) is 9.35. The van der Waals surface area contributed by atoms with Crippen LogP contribution in [0.1, 0.15) is 64.5 Å². The fraction of sp³-hybridized carbons (Fsp3) is 0.500. The van der Waals surface area contributed by atoms with Crippen LogP contribution in [0.25, 0.3) is 6.08 Å². The van der Waals surface area contributed by atoms with Crippen molar-refractivity contribution in [2.24, 2.45) is 5.41 Å². The van der Waals surface area contributed by atoms with Crippen molar-refractivity contribution in [2.45, 2.75) is 53.4 Å². The maximum atomic E-state index is 3.45. The molecule has 0 N–H and O–H groups in total. The summed E-state index contributed by atoms with van der Waals surface area (Å²) < 4.78 is 0. The van der Waals surface area contributed by atoms with Gasteiger partial charge in [-0.05, 0) is 27.1 Å². The quantitative estimate of drug-likeness (QED) is 0.530. The molecular formula is C24H33NZr. The van der Waals surface area contributed by atoms with Crippen molar-refractivity contribution in [2.75, 3.05) is 20.6 Å². The molecule has 2 aliphatic rings. The fourth-order valence-electron chi connectivity index (χ4n) is 3.50. The van der Waals surface area contributed by atoms with Gasteiger partial charge in [0.05, 0.1) is 0 Å². The molecule has 0 saturated heterocycles. The van der Waals surface area contributed by atoms with E-state index in [0.29, 0.717) is 5.92 Å². The molecule has 0 aliphatic heterocycles. The number of fused-ring (bicyclic) bond motifs is 1. The van der Waals surface area contributed by atoms with Crippen LogP contribution in [0.2, 0.25) is 0 Å². The average Bonchev–Trinajstić information content (AvgIpc) is 3.03. The topological polar surface area (TPSA) is 3.24 Å². The largest absolute Gasteiger partial charge is 2.00 e. The maximum absolute atomic E-state index is 3.45. The predicted octanol–water partition coefficient (Wildman–Crippen LogP) is 6.05. The van der Waals surface area contributed by atoms with Crippen molar-refractivity contribution in [3.05, 3.63) is 64.3 Å². The number of allylic oxidation sites excluding steroid dienone is 5. The van der Waals surface area contributed by atoms with Gasteiger partial charge in [-0.1, -0.05) is 63.6 Å². The second-order valence-electron chi connectivity index (χ2n) is 8.06. The smallest absolute Gasteiger partial charge is 0.309 e. The maximum Gasteiger partial charge on any atom is 2.00 e. The van der Waals surface area contributed by atoms with E-state index in [1.807, 2.05) is 0 Å². The van der Waals surface area contributed by atoms with Crippen LogP contribution in [0.15, 0.2) is 41.0 Å². The van der Waals surface area contributed by atoms with Crippen LogP contribution in [-0.4, -0.2) is 25.5 Å². The molecular weight excluding hydrogens is 393 g/mol. The summed E-state index contributed by atoms with van der Waals surface area (Å²) in [5.74, 6) is 0.529. The van der Waals surface area contributed by atoms with E-state index in [9.17, 15) is 0 Å². The second-order valence-corrected chi connectivity index (χ2v) is 8.06. The number of hydrogen-bond acceptors (Lipinski definition) is 1. The predicted molar refractivity (Wildman–Crippen MR) is 109 cm³/mol. The van der Waals surface area contributed by atoms with Gasteiger partial charge in [-0.2, -0.15) is 16.7 Å². The Morgan fingerprint density at radius 1 is 1.08 bits per heavy atom. The summed E-state index contributed by atoms with van der Waals surface area (Å²) in [5.41, 5.74) is 7.20. The summed E-state index contributed by atoms with van der Waals surface area (Å²) in [4.78, 5) is 2.24. The molecule has 2 aliphatic carbocycles. The summed E-state index contributed by atoms with van der Waals surface area (Å²) in [6.45, 7) is 12.1. The van der Waals surface area contributed by atoms with Crippen molar-refractivity contribution in [1.29, 1.82) is 0 Å². The van der Waals surface area contributed by atoms with Gasteiger partial charge < -0.3 is 4.90 Å². The zero-order valence-electron chi connectivity index (χ0n) is 17.5. The van der Waals surface area contributed by atoms with Crippen LogP contribution in [0.3, 0.4) is 0 Å². The number of nitrogens with zero attached hydrogens (tertiary/aromatic N) is 1. The Bertz CT molecular complexity index is 692. The van der Waals surface area contributed by atoms with Crippen LogP contribution in [0, 0.1) is 17.6 Å². The molecule has 0 bridgehead atoms. The van der Waals surface area contributed by atoms with Crippen molar-refractivity contribution in [1.82, 2.24) is 4.90 Å². The van der Waals surface area contributed by atoms with E-state index < -0.39 is 0 Å². The van der Waals surface area contributed by atoms with Gasteiger partial charge in [0.25, 0.3) is 0 Å². The molecule has 3 rings (SSSR count). The minimum absolute atomic E-state index is 0. The average molecular weight is 427 g/mol. The Hall–Kier alpha value is -0.717. The zero-order valence-corrected chi connectivity index (χ0v) is 20.0. The molecule has 1 nitrogen and oxygen atoms in total. The minimum Gasteiger partial charge on any atom is -0.309 e. The summed E-state index contributed by atoms with van der Waals surface area (Å²) >= 11 is 0. The Morgan fingerprint density at radius 3 is 2.23 bits per heavy atom. The third kappa shape index (κ3) is 5.90. The number of rotatable bonds is 4. The Balaban J connectivity index is 0.000000270. The molecule has 0 radical (unpaired) electrons. The molecule has 1 aromatic rings. The van der Waals surface area contributed by atoms with Crippen LogP contribution in [-0.2, 0) is 26.2 Å². The van der Waals surface area contributed by atoms with Crippen LogP contribution < -0.4 is 0 Å². The monoisotopic (exact) mass is 425 g/mol. The molecule has 26 heavy (non-hydrogen) atoms. The first-order chi connectivity index (χ1) is 11.7. The Morgan fingerprint density at radius 2 is 1.73 bits per heavy atom. The van der Waals surface area contributed by atoms with Gasteiger partial charge in [-0.25, -0.2) is 11.6 Å². The van der Waals surface area contributed by atoms with E-state index in [1.54, 1.807) is 0 Å². The van der Waals surface area contributed by atoms with Gasteiger partial charge in [-0.15, -0.1) is 18.6 Å². The van der Waals surface area contributed by atoms with E-state index in [0.717, 1.165) is 0 Å². The molecule has 1 aromatic carbocycles. The van der Waals surface area contributed by atoms with Crippen LogP contribution in [0.4, 0.5) is 0 Å². The van der Waals surface area contributed by atoms with Crippen molar-refractivity contribution < 1.29 is 26.2 Å². The van der Waals surface area contributed by atoms with Gasteiger partial charge in [0.2, 0.25) is 0 Å². The molecule has 1 unspecified atom stereocenters. The molecule has 0 amide bonds. The van der Waals surface area contributed by atoms with Crippen molar-refractivity contribution in [3.63, 3.8) is 0 Å². The molecule has 0 heterocycles. The van der Waals surface area contributed by atoms with Gasteiger partial charge in [0.1, 0.15) is 0 Å². The van der Waals surface area contributed by atoms with E-state index in [2.05, 4.69) is 96.1 Å². The van der Waals surface area contributed by atoms with E-state index in [1.165, 1.54) is 47.2 Å². The van der Waals surface area contributed by atoms with Gasteiger partial charge in [-0.3, -0.25) is 12.2 Å². The molecule has 1 atom stereocenters. The Kier molecular flexibility index (Phi) is 8.97. The first kappa shape index (κ1) is 23.3. The van der Waals surface area contributed by atoms with E-state index in [4.69, 9.17) is 0 Å². The molecule has 0 fully saturated rings. The number of benzene rings is 1. The summed E-state index contributed by atoms with van der Waals surface area (Å²) in [7, 11) is 4.25. The fourth-order valence-corrected chi connectivity index (χ4v) is 3.50. The molecule has 2 heteroatoms. The third-order valence-corrected chi connectivity index (χ3v) is 5.47. The van der Waals surface area contributed by atoms with E-state index >= 15 is 0 Å². The third-order valence-electron chi connectivity index (χ3n) is 5.47. The first-order valence-corrected chi connectivity index (χ1v) is 9.35. The standard InChI is InChI=1S/C14H18N.C10H15.Zr/c1-15(2)11-5-7-13-10-9-12-6-3-4-8-14(12)13;1-7-6-10(4,5)9(3)8(7)2;/h3-4,6,8-9,13H,5,7,11H2,1-2H3;1-5H3;/q2*-1;+2. The van der Waals surface area contributed by atoms with Crippen molar-refractivity contribution in [3.8, 4) is 0 Å². The second kappa shape index (κ2) is 10.00. The van der Waals surface area contributed by atoms with Gasteiger partial charge in [0.15, 0.2) is 0 Å². The van der Waals surface area contributed by atoms with Crippen LogP contribution >= 0.6 is 0 Å². The summed E-state index contributed by atoms with van der Waals surface area (Å²) in [6, 6.07) is 8.62. The van der Waals surface area contributed by atoms with Gasteiger partial charge >= 0.3 is 26.2 Å². The Labute approximate surface area is 180 Å².